The lowest BCUT2D eigenvalue weighted by Gasteiger charge is -2.32. The van der Waals surface area contributed by atoms with Crippen molar-refractivity contribution in [3.63, 3.8) is 0 Å². The van der Waals surface area contributed by atoms with Crippen molar-refractivity contribution in [3.05, 3.63) is 33.8 Å². The molecule has 0 radical (unpaired) electrons. The van der Waals surface area contributed by atoms with Crippen LogP contribution in [0.1, 0.15) is 5.56 Å². The lowest BCUT2D eigenvalue weighted by atomic mass is 10.1. The molecule has 1 heterocycles. The number of nitrogens with zero attached hydrogens (tertiary/aromatic N) is 1. The molecule has 1 fully saturated rings. The highest BCUT2D eigenvalue weighted by atomic mass is 79.9. The summed E-state index contributed by atoms with van der Waals surface area (Å²) in [4.78, 5) is 1.95. The Morgan fingerprint density at radius 3 is 2.94 bits per heavy atom. The van der Waals surface area contributed by atoms with Crippen LogP contribution in [0.15, 0.2) is 16.6 Å². The molecule has 0 spiro atoms. The standard InChI is InChI=1S/C12H13BrClF2NO/c13-10-1-2-11(15)9(12(10)16)7-17-3-4-18-8(5-14)6-17/h1-2,8H,3-7H2. The molecule has 0 amide bonds. The first kappa shape index (κ1) is 14.2. The maximum Gasteiger partial charge on any atom is 0.144 e. The van der Waals surface area contributed by atoms with E-state index in [9.17, 15) is 8.78 Å². The zero-order chi connectivity index (χ0) is 13.1. The zero-order valence-corrected chi connectivity index (χ0v) is 12.0. The van der Waals surface area contributed by atoms with Crippen LogP contribution in [-0.2, 0) is 11.3 Å². The van der Waals surface area contributed by atoms with Crippen LogP contribution in [0.2, 0.25) is 0 Å². The average molecular weight is 341 g/mol. The van der Waals surface area contributed by atoms with Crippen molar-refractivity contribution >= 4 is 27.5 Å². The molecule has 1 saturated heterocycles. The first-order valence-electron chi connectivity index (χ1n) is 5.64. The van der Waals surface area contributed by atoms with Gasteiger partial charge in [0.15, 0.2) is 0 Å². The van der Waals surface area contributed by atoms with Crippen molar-refractivity contribution in [1.82, 2.24) is 4.90 Å². The first-order chi connectivity index (χ1) is 8.61. The molecule has 100 valence electrons. The van der Waals surface area contributed by atoms with Crippen LogP contribution in [-0.4, -0.2) is 36.6 Å². The van der Waals surface area contributed by atoms with E-state index in [1.54, 1.807) is 0 Å². The summed E-state index contributed by atoms with van der Waals surface area (Å²) in [7, 11) is 0. The Hall–Kier alpha value is -0.230. The van der Waals surface area contributed by atoms with Crippen molar-refractivity contribution < 1.29 is 13.5 Å². The van der Waals surface area contributed by atoms with Crippen LogP contribution in [0.5, 0.6) is 0 Å². The minimum atomic E-state index is -0.538. The summed E-state index contributed by atoms with van der Waals surface area (Å²) in [5, 5.41) is 0. The van der Waals surface area contributed by atoms with Gasteiger partial charge in [-0.25, -0.2) is 8.78 Å². The summed E-state index contributed by atoms with van der Waals surface area (Å²) in [6, 6.07) is 2.64. The van der Waals surface area contributed by atoms with E-state index in [1.807, 2.05) is 4.90 Å². The molecule has 1 aliphatic heterocycles. The molecule has 0 saturated carbocycles. The van der Waals surface area contributed by atoms with E-state index in [-0.39, 0.29) is 22.7 Å². The number of hydrogen-bond acceptors (Lipinski definition) is 2. The minimum Gasteiger partial charge on any atom is -0.374 e. The van der Waals surface area contributed by atoms with E-state index >= 15 is 0 Å². The van der Waals surface area contributed by atoms with Gasteiger partial charge in [0.05, 0.1) is 17.2 Å². The number of morpholine rings is 1. The highest BCUT2D eigenvalue weighted by molar-refractivity contribution is 9.10. The molecule has 0 aromatic heterocycles. The third-order valence-corrected chi connectivity index (χ3v) is 3.87. The van der Waals surface area contributed by atoms with E-state index in [0.29, 0.717) is 25.6 Å². The molecule has 1 unspecified atom stereocenters. The van der Waals surface area contributed by atoms with E-state index in [2.05, 4.69) is 15.9 Å². The summed E-state index contributed by atoms with van der Waals surface area (Å²) < 4.78 is 33.1. The molecule has 2 nitrogen and oxygen atoms in total. The van der Waals surface area contributed by atoms with Crippen LogP contribution < -0.4 is 0 Å². The fourth-order valence-corrected chi connectivity index (χ4v) is 2.51. The van der Waals surface area contributed by atoms with Gasteiger partial charge in [-0.15, -0.1) is 11.6 Å². The first-order valence-corrected chi connectivity index (χ1v) is 6.97. The Morgan fingerprint density at radius 2 is 2.22 bits per heavy atom. The number of benzene rings is 1. The Morgan fingerprint density at radius 1 is 1.44 bits per heavy atom. The minimum absolute atomic E-state index is 0.0707. The summed E-state index contributed by atoms with van der Waals surface area (Å²) >= 11 is 8.79. The Labute approximate surface area is 118 Å². The van der Waals surface area contributed by atoms with Gasteiger partial charge in [0.25, 0.3) is 0 Å². The van der Waals surface area contributed by atoms with Crippen molar-refractivity contribution in [2.45, 2.75) is 12.6 Å². The van der Waals surface area contributed by atoms with Gasteiger partial charge in [0.2, 0.25) is 0 Å². The lowest BCUT2D eigenvalue weighted by Crippen LogP contribution is -2.43. The molecule has 0 aliphatic carbocycles. The van der Waals surface area contributed by atoms with Gasteiger partial charge in [-0.2, -0.15) is 0 Å². The van der Waals surface area contributed by atoms with Crippen molar-refractivity contribution in [1.29, 1.82) is 0 Å². The summed E-state index contributed by atoms with van der Waals surface area (Å²) in [6.07, 6.45) is -0.0707. The lowest BCUT2D eigenvalue weighted by molar-refractivity contribution is -0.0200. The highest BCUT2D eigenvalue weighted by Gasteiger charge is 2.22. The molecule has 1 atom stereocenters. The number of hydrogen-bond donors (Lipinski definition) is 0. The predicted octanol–water partition coefficient (Wildman–Crippen LogP) is 3.17. The van der Waals surface area contributed by atoms with E-state index < -0.39 is 11.6 Å². The molecule has 1 aromatic rings. The van der Waals surface area contributed by atoms with E-state index in [0.717, 1.165) is 0 Å². The molecular formula is C12H13BrClF2NO. The summed E-state index contributed by atoms with van der Waals surface area (Å²) in [6.45, 7) is 2.01. The van der Waals surface area contributed by atoms with Crippen LogP contribution in [0.25, 0.3) is 0 Å². The second-order valence-electron chi connectivity index (χ2n) is 4.20. The highest BCUT2D eigenvalue weighted by Crippen LogP contribution is 2.23. The predicted molar refractivity (Wildman–Crippen MR) is 69.8 cm³/mol. The molecular weight excluding hydrogens is 327 g/mol. The third-order valence-electron chi connectivity index (χ3n) is 2.92. The largest absolute Gasteiger partial charge is 0.374 e. The number of alkyl halides is 1. The molecule has 1 aromatic carbocycles. The van der Waals surface area contributed by atoms with Gasteiger partial charge in [0.1, 0.15) is 11.6 Å². The van der Waals surface area contributed by atoms with Crippen LogP contribution >= 0.6 is 27.5 Å². The number of rotatable bonds is 3. The Balaban J connectivity index is 2.11. The molecule has 18 heavy (non-hydrogen) atoms. The summed E-state index contributed by atoms with van der Waals surface area (Å²) in [5.74, 6) is -0.673. The van der Waals surface area contributed by atoms with Gasteiger partial charge in [-0.1, -0.05) is 0 Å². The molecule has 2 rings (SSSR count). The monoisotopic (exact) mass is 339 g/mol. The van der Waals surface area contributed by atoms with Crippen LogP contribution in [0.3, 0.4) is 0 Å². The maximum atomic E-state index is 13.8. The number of ether oxygens (including phenoxy) is 1. The number of halogens is 4. The zero-order valence-electron chi connectivity index (χ0n) is 9.63. The average Bonchev–Trinajstić information content (AvgIpc) is 2.39. The van der Waals surface area contributed by atoms with Gasteiger partial charge in [0, 0.05) is 31.1 Å². The second-order valence-corrected chi connectivity index (χ2v) is 5.37. The van der Waals surface area contributed by atoms with Crippen molar-refractivity contribution in [2.24, 2.45) is 0 Å². The van der Waals surface area contributed by atoms with Crippen LogP contribution in [0.4, 0.5) is 8.78 Å². The molecule has 1 aliphatic rings. The normalized spacial score (nSPS) is 21.2. The Bertz CT molecular complexity index is 433. The van der Waals surface area contributed by atoms with Crippen LogP contribution in [0, 0.1) is 11.6 Å². The van der Waals surface area contributed by atoms with Gasteiger partial charge in [-0.05, 0) is 28.1 Å². The fraction of sp³-hybridized carbons (Fsp3) is 0.500. The van der Waals surface area contributed by atoms with Crippen molar-refractivity contribution in [3.8, 4) is 0 Å². The van der Waals surface area contributed by atoms with Crippen molar-refractivity contribution in [2.75, 3.05) is 25.6 Å². The SMILES string of the molecule is Fc1ccc(Br)c(F)c1CN1CCOC(CCl)C1. The molecule has 6 heteroatoms. The fourth-order valence-electron chi connectivity index (χ4n) is 1.96. The second kappa shape index (κ2) is 6.28. The van der Waals surface area contributed by atoms with Gasteiger partial charge in [-0.3, -0.25) is 4.90 Å². The molecule has 0 N–H and O–H groups in total. The molecule has 0 bridgehead atoms. The van der Waals surface area contributed by atoms with E-state index in [4.69, 9.17) is 16.3 Å². The topological polar surface area (TPSA) is 12.5 Å². The van der Waals surface area contributed by atoms with Gasteiger partial charge >= 0.3 is 0 Å². The van der Waals surface area contributed by atoms with E-state index in [1.165, 1.54) is 12.1 Å². The smallest absolute Gasteiger partial charge is 0.144 e. The maximum absolute atomic E-state index is 13.8. The third kappa shape index (κ3) is 3.20. The summed E-state index contributed by atoms with van der Waals surface area (Å²) in [5.41, 5.74) is 0.0830. The Kier molecular flexibility index (Phi) is 4.95. The van der Waals surface area contributed by atoms with Gasteiger partial charge < -0.3 is 4.74 Å². The quantitative estimate of drug-likeness (QED) is 0.619.